The molecule has 1 aliphatic heterocycles. The van der Waals surface area contributed by atoms with Gasteiger partial charge in [0.1, 0.15) is 0 Å². The van der Waals surface area contributed by atoms with Crippen molar-refractivity contribution in [3.63, 3.8) is 0 Å². The normalized spacial score (nSPS) is 26.6. The largest absolute Gasteiger partial charge is 0.312 e. The molecule has 0 bridgehead atoms. The van der Waals surface area contributed by atoms with Crippen molar-refractivity contribution in [1.29, 1.82) is 0 Å². The summed E-state index contributed by atoms with van der Waals surface area (Å²) in [4.78, 5) is 2.25. The van der Waals surface area contributed by atoms with Gasteiger partial charge in [-0.1, -0.05) is 6.92 Å². The highest BCUT2D eigenvalue weighted by Gasteiger charge is 2.33. The first-order chi connectivity index (χ1) is 8.52. The summed E-state index contributed by atoms with van der Waals surface area (Å²) in [7, 11) is -0.733. The van der Waals surface area contributed by atoms with Gasteiger partial charge in [-0.3, -0.25) is 4.90 Å². The van der Waals surface area contributed by atoms with Crippen molar-refractivity contribution in [2.24, 2.45) is 5.92 Å². The summed E-state index contributed by atoms with van der Waals surface area (Å²) in [5.74, 6) is 1.17. The zero-order valence-electron chi connectivity index (χ0n) is 13.2. The van der Waals surface area contributed by atoms with E-state index in [-0.39, 0.29) is 11.6 Å². The highest BCUT2D eigenvalue weighted by molar-refractivity contribution is 7.91. The third-order valence-electron chi connectivity index (χ3n) is 4.20. The van der Waals surface area contributed by atoms with Crippen LogP contribution in [0.25, 0.3) is 0 Å². The van der Waals surface area contributed by atoms with Crippen molar-refractivity contribution in [3.8, 4) is 0 Å². The minimum Gasteiger partial charge on any atom is -0.312 e. The molecule has 0 spiro atoms. The molecule has 1 rings (SSSR count). The molecule has 1 fully saturated rings. The van der Waals surface area contributed by atoms with Crippen LogP contribution in [0.5, 0.6) is 0 Å². The van der Waals surface area contributed by atoms with Crippen LogP contribution < -0.4 is 5.32 Å². The number of nitrogens with one attached hydrogen (secondary N) is 1. The van der Waals surface area contributed by atoms with Crippen LogP contribution >= 0.6 is 0 Å². The second-order valence-corrected chi connectivity index (χ2v) is 9.30. The van der Waals surface area contributed by atoms with Gasteiger partial charge in [0.15, 0.2) is 9.84 Å². The summed E-state index contributed by atoms with van der Waals surface area (Å²) in [5, 5.41) is 3.52. The van der Waals surface area contributed by atoms with Crippen molar-refractivity contribution in [3.05, 3.63) is 0 Å². The summed E-state index contributed by atoms with van der Waals surface area (Å²) in [6.07, 6.45) is 0.780. The molecule has 0 aromatic rings. The fourth-order valence-corrected chi connectivity index (χ4v) is 4.25. The first-order valence-electron chi connectivity index (χ1n) is 7.19. The van der Waals surface area contributed by atoms with E-state index < -0.39 is 9.84 Å². The monoisotopic (exact) mass is 290 g/mol. The molecule has 0 radical (unpaired) electrons. The molecule has 1 N–H and O–H groups in total. The Morgan fingerprint density at radius 2 is 1.89 bits per heavy atom. The Hall–Kier alpha value is -0.130. The molecule has 1 aliphatic rings. The molecule has 3 unspecified atom stereocenters. The lowest BCUT2D eigenvalue weighted by atomic mass is 9.99. The van der Waals surface area contributed by atoms with E-state index in [0.717, 1.165) is 13.0 Å². The van der Waals surface area contributed by atoms with Gasteiger partial charge in [0.2, 0.25) is 0 Å². The van der Waals surface area contributed by atoms with E-state index in [0.29, 0.717) is 23.5 Å². The molecule has 4 nitrogen and oxygen atoms in total. The van der Waals surface area contributed by atoms with Crippen molar-refractivity contribution in [1.82, 2.24) is 10.2 Å². The van der Waals surface area contributed by atoms with Crippen LogP contribution in [-0.2, 0) is 9.84 Å². The highest BCUT2D eigenvalue weighted by Crippen LogP contribution is 2.21. The number of sulfone groups is 1. The Kier molecular flexibility index (Phi) is 5.43. The number of hydrogen-bond donors (Lipinski definition) is 1. The van der Waals surface area contributed by atoms with Gasteiger partial charge in [0, 0.05) is 17.6 Å². The molecule has 0 amide bonds. The molecule has 0 saturated carbocycles. The molecular formula is C14H30N2O2S. The fourth-order valence-electron chi connectivity index (χ4n) is 2.47. The maximum atomic E-state index is 11.6. The van der Waals surface area contributed by atoms with Crippen LogP contribution in [0.3, 0.4) is 0 Å². The molecule has 0 aromatic heterocycles. The van der Waals surface area contributed by atoms with Crippen LogP contribution in [0.4, 0.5) is 0 Å². The number of hydrogen-bond acceptors (Lipinski definition) is 4. The molecule has 5 heteroatoms. The SMILES string of the molecule is CC(CNC(C)(C)C)C(C)N(C)C1CCS(=O)(=O)C1. The van der Waals surface area contributed by atoms with Gasteiger partial charge in [-0.25, -0.2) is 8.42 Å². The van der Waals surface area contributed by atoms with Crippen molar-refractivity contribution in [2.75, 3.05) is 25.1 Å². The van der Waals surface area contributed by atoms with E-state index in [2.05, 4.69) is 51.9 Å². The minimum absolute atomic E-state index is 0.128. The Morgan fingerprint density at radius 1 is 1.32 bits per heavy atom. The minimum atomic E-state index is -2.79. The van der Waals surface area contributed by atoms with E-state index in [1.54, 1.807) is 0 Å². The van der Waals surface area contributed by atoms with Crippen LogP contribution in [0.15, 0.2) is 0 Å². The molecule has 3 atom stereocenters. The summed E-state index contributed by atoms with van der Waals surface area (Å²) >= 11 is 0. The zero-order chi connectivity index (χ0) is 14.8. The molecule has 1 heterocycles. The lowest BCUT2D eigenvalue weighted by Gasteiger charge is -2.35. The molecule has 19 heavy (non-hydrogen) atoms. The molecular weight excluding hydrogens is 260 g/mol. The summed E-state index contributed by atoms with van der Waals surface area (Å²) in [5.41, 5.74) is 0.128. The van der Waals surface area contributed by atoms with Gasteiger partial charge in [0.25, 0.3) is 0 Å². The predicted octanol–water partition coefficient (Wildman–Crippen LogP) is 1.52. The first kappa shape index (κ1) is 16.9. The summed E-state index contributed by atoms with van der Waals surface area (Å²) < 4.78 is 23.1. The van der Waals surface area contributed by atoms with Crippen LogP contribution in [0, 0.1) is 5.92 Å². The summed E-state index contributed by atoms with van der Waals surface area (Å²) in [6.45, 7) is 11.9. The standard InChI is InChI=1S/C14H30N2O2S/c1-11(9-15-14(3,4)5)12(2)16(6)13-7-8-19(17,18)10-13/h11-13,15H,7-10H2,1-6H3. The van der Waals surface area contributed by atoms with E-state index in [1.165, 1.54) is 0 Å². The van der Waals surface area contributed by atoms with Crippen molar-refractivity contribution >= 4 is 9.84 Å². The molecule has 0 aromatic carbocycles. The smallest absolute Gasteiger partial charge is 0.151 e. The van der Waals surface area contributed by atoms with Crippen molar-refractivity contribution < 1.29 is 8.42 Å². The average Bonchev–Trinajstić information content (AvgIpc) is 2.63. The Labute approximate surface area is 118 Å². The summed E-state index contributed by atoms with van der Waals surface area (Å²) in [6, 6.07) is 0.574. The lowest BCUT2D eigenvalue weighted by Crippen LogP contribution is -2.47. The molecule has 114 valence electrons. The quantitative estimate of drug-likeness (QED) is 0.834. The van der Waals surface area contributed by atoms with E-state index >= 15 is 0 Å². The van der Waals surface area contributed by atoms with Gasteiger partial charge < -0.3 is 5.32 Å². The maximum absolute atomic E-state index is 11.6. The fraction of sp³-hybridized carbons (Fsp3) is 1.00. The van der Waals surface area contributed by atoms with Crippen LogP contribution in [0.1, 0.15) is 41.0 Å². The number of rotatable bonds is 5. The Bertz CT molecular complexity index is 387. The van der Waals surface area contributed by atoms with Gasteiger partial charge in [-0.15, -0.1) is 0 Å². The topological polar surface area (TPSA) is 49.4 Å². The van der Waals surface area contributed by atoms with Gasteiger partial charge in [0.05, 0.1) is 11.5 Å². The second-order valence-electron chi connectivity index (χ2n) is 7.07. The highest BCUT2D eigenvalue weighted by atomic mass is 32.2. The van der Waals surface area contributed by atoms with Crippen LogP contribution in [0.2, 0.25) is 0 Å². The third kappa shape index (κ3) is 5.40. The van der Waals surface area contributed by atoms with Gasteiger partial charge >= 0.3 is 0 Å². The van der Waals surface area contributed by atoms with Crippen molar-refractivity contribution in [2.45, 2.75) is 58.7 Å². The zero-order valence-corrected chi connectivity index (χ0v) is 14.0. The Balaban J connectivity index is 2.50. The van der Waals surface area contributed by atoms with E-state index in [9.17, 15) is 8.42 Å². The average molecular weight is 290 g/mol. The van der Waals surface area contributed by atoms with E-state index in [1.807, 2.05) is 0 Å². The molecule has 1 saturated heterocycles. The molecule has 0 aliphatic carbocycles. The van der Waals surface area contributed by atoms with Gasteiger partial charge in [-0.05, 0) is 53.6 Å². The third-order valence-corrected chi connectivity index (χ3v) is 5.96. The van der Waals surface area contributed by atoms with Gasteiger partial charge in [-0.2, -0.15) is 0 Å². The second kappa shape index (κ2) is 6.10. The van der Waals surface area contributed by atoms with Crippen LogP contribution in [-0.4, -0.2) is 56.0 Å². The lowest BCUT2D eigenvalue weighted by molar-refractivity contribution is 0.148. The first-order valence-corrected chi connectivity index (χ1v) is 9.01. The van der Waals surface area contributed by atoms with E-state index in [4.69, 9.17) is 0 Å². The number of nitrogens with zero attached hydrogens (tertiary/aromatic N) is 1. The predicted molar refractivity (Wildman–Crippen MR) is 81.2 cm³/mol. The maximum Gasteiger partial charge on any atom is 0.151 e. The Morgan fingerprint density at radius 3 is 2.32 bits per heavy atom.